The molecule has 1 unspecified atom stereocenters. The number of phenols is 1. The summed E-state index contributed by atoms with van der Waals surface area (Å²) in [5, 5.41) is 19.0. The van der Waals surface area contributed by atoms with E-state index >= 15 is 8.78 Å². The number of anilines is 1. The molecule has 3 aromatic carbocycles. The van der Waals surface area contributed by atoms with Gasteiger partial charge in [0, 0.05) is 51.0 Å². The Morgan fingerprint density at radius 2 is 1.80 bits per heavy atom. The van der Waals surface area contributed by atoms with Gasteiger partial charge in [0.25, 0.3) is 0 Å². The molecule has 0 amide bonds. The number of hydrogen-bond donors (Lipinski definition) is 2. The number of aromatic hydroxyl groups is 1. The van der Waals surface area contributed by atoms with Crippen molar-refractivity contribution in [2.24, 2.45) is 0 Å². The molecule has 238 valence electrons. The quantitative estimate of drug-likeness (QED) is 0.242. The fourth-order valence-corrected chi connectivity index (χ4v) is 6.02. The third kappa shape index (κ3) is 5.56. The van der Waals surface area contributed by atoms with Gasteiger partial charge < -0.3 is 28.8 Å². The number of hydrogen-bond acceptors (Lipinski definition) is 8. The number of nitrogens with zero attached hydrogens (tertiary/aromatic N) is 3. The zero-order valence-electron chi connectivity index (χ0n) is 25.1. The molecule has 1 atom stereocenters. The van der Waals surface area contributed by atoms with Gasteiger partial charge in [0.05, 0.1) is 21.9 Å². The van der Waals surface area contributed by atoms with Gasteiger partial charge in [0.2, 0.25) is 5.43 Å². The van der Waals surface area contributed by atoms with Crippen molar-refractivity contribution in [2.45, 2.75) is 26.4 Å². The minimum atomic E-state index is -1.46. The highest BCUT2D eigenvalue weighted by atomic mass is 19.1. The highest BCUT2D eigenvalue weighted by Gasteiger charge is 2.30. The van der Waals surface area contributed by atoms with E-state index < -0.39 is 28.6 Å². The van der Waals surface area contributed by atoms with E-state index in [1.807, 2.05) is 6.92 Å². The Labute approximate surface area is 261 Å². The lowest BCUT2D eigenvalue weighted by atomic mass is 10.1. The molecule has 6 rings (SSSR count). The number of ether oxygens (including phenoxy) is 1. The number of carboxylic acids is 1. The van der Waals surface area contributed by atoms with E-state index in [-0.39, 0.29) is 40.4 Å². The Morgan fingerprint density at radius 3 is 2.50 bits per heavy atom. The molecule has 2 N–H and O–H groups in total. The summed E-state index contributed by atoms with van der Waals surface area (Å²) in [6, 6.07) is 12.1. The van der Waals surface area contributed by atoms with Gasteiger partial charge in [0.1, 0.15) is 47.0 Å². The Kier molecular flexibility index (Phi) is 8.22. The lowest BCUT2D eigenvalue weighted by Crippen LogP contribution is -2.53. The number of carbonyl (C=O) groups is 1. The van der Waals surface area contributed by atoms with E-state index in [4.69, 9.17) is 9.15 Å². The zero-order valence-corrected chi connectivity index (χ0v) is 25.1. The van der Waals surface area contributed by atoms with Crippen molar-refractivity contribution in [3.8, 4) is 22.6 Å². The lowest BCUT2D eigenvalue weighted by molar-refractivity contribution is 0.0694. The van der Waals surface area contributed by atoms with E-state index in [9.17, 15) is 24.6 Å². The zero-order chi connectivity index (χ0) is 32.7. The molecule has 1 aliphatic heterocycles. The second kappa shape index (κ2) is 12.3. The predicted octanol–water partition coefficient (Wildman–Crippen LogP) is 5.07. The first-order valence-electron chi connectivity index (χ1n) is 14.8. The van der Waals surface area contributed by atoms with E-state index in [2.05, 4.69) is 4.90 Å². The highest BCUT2D eigenvalue weighted by molar-refractivity contribution is 5.94. The van der Waals surface area contributed by atoms with Crippen LogP contribution >= 0.6 is 0 Å². The first kappa shape index (κ1) is 30.8. The van der Waals surface area contributed by atoms with Crippen LogP contribution in [0.2, 0.25) is 0 Å². The topological polar surface area (TPSA) is 125 Å². The number of piperazine rings is 1. The number of aromatic carboxylic acids is 1. The van der Waals surface area contributed by atoms with Gasteiger partial charge in [0.15, 0.2) is 11.2 Å². The van der Waals surface area contributed by atoms with Gasteiger partial charge in [-0.3, -0.25) is 14.5 Å². The van der Waals surface area contributed by atoms with Crippen molar-refractivity contribution < 1.29 is 32.9 Å². The van der Waals surface area contributed by atoms with Crippen LogP contribution in [0.4, 0.5) is 14.5 Å². The molecule has 0 radical (unpaired) electrons. The van der Waals surface area contributed by atoms with Crippen molar-refractivity contribution >= 4 is 33.5 Å². The van der Waals surface area contributed by atoms with Crippen LogP contribution in [0.25, 0.3) is 33.0 Å². The van der Waals surface area contributed by atoms with Crippen molar-refractivity contribution in [1.82, 2.24) is 9.47 Å². The SMILES string of the molecule is CCn1cc(C(=O)O)c(=O)c2cc(F)c(N3CCN(CCOc4ccc5c(=O)c(-c6ccc(O)cc6)coc5c4)C(C)C3)c(F)c21. The van der Waals surface area contributed by atoms with E-state index in [1.165, 1.54) is 23.0 Å². The Balaban J connectivity index is 1.13. The van der Waals surface area contributed by atoms with Crippen LogP contribution in [-0.4, -0.2) is 64.5 Å². The van der Waals surface area contributed by atoms with Crippen LogP contribution in [-0.2, 0) is 6.54 Å². The van der Waals surface area contributed by atoms with Crippen LogP contribution in [0.1, 0.15) is 24.2 Å². The molecule has 0 aliphatic carbocycles. The molecule has 12 heteroatoms. The second-order valence-electron chi connectivity index (χ2n) is 11.2. The largest absolute Gasteiger partial charge is 0.508 e. The van der Waals surface area contributed by atoms with Crippen molar-refractivity contribution in [3.63, 3.8) is 0 Å². The highest BCUT2D eigenvalue weighted by Crippen LogP contribution is 2.32. The molecule has 5 aromatic rings. The fraction of sp³-hybridized carbons (Fsp3) is 0.265. The second-order valence-corrected chi connectivity index (χ2v) is 11.2. The summed E-state index contributed by atoms with van der Waals surface area (Å²) in [6.45, 7) is 5.79. The number of fused-ring (bicyclic) bond motifs is 2. The van der Waals surface area contributed by atoms with Crippen molar-refractivity contribution in [1.29, 1.82) is 0 Å². The van der Waals surface area contributed by atoms with Gasteiger partial charge in [-0.1, -0.05) is 12.1 Å². The average molecular weight is 632 g/mol. The summed E-state index contributed by atoms with van der Waals surface area (Å²) < 4.78 is 44.2. The Bertz CT molecular complexity index is 2090. The first-order valence-corrected chi connectivity index (χ1v) is 14.8. The minimum absolute atomic E-state index is 0.0949. The van der Waals surface area contributed by atoms with Crippen LogP contribution in [0, 0.1) is 11.6 Å². The number of aryl methyl sites for hydroxylation is 1. The van der Waals surface area contributed by atoms with Gasteiger partial charge in [-0.25, -0.2) is 13.6 Å². The lowest BCUT2D eigenvalue weighted by Gasteiger charge is -2.41. The summed E-state index contributed by atoms with van der Waals surface area (Å²) in [5.74, 6) is -2.65. The summed E-state index contributed by atoms with van der Waals surface area (Å²) in [6.07, 6.45) is 2.48. The van der Waals surface area contributed by atoms with Crippen LogP contribution in [0.3, 0.4) is 0 Å². The minimum Gasteiger partial charge on any atom is -0.508 e. The number of aromatic nitrogens is 1. The molecule has 1 fully saturated rings. The predicted molar refractivity (Wildman–Crippen MR) is 169 cm³/mol. The maximum absolute atomic E-state index is 15.9. The third-order valence-electron chi connectivity index (χ3n) is 8.45. The van der Waals surface area contributed by atoms with Crippen LogP contribution < -0.4 is 20.5 Å². The number of pyridine rings is 1. The number of carboxylic acid groups (broad SMARTS) is 1. The number of rotatable bonds is 8. The summed E-state index contributed by atoms with van der Waals surface area (Å²) >= 11 is 0. The maximum atomic E-state index is 15.9. The molecular formula is C34H31F2N3O7. The van der Waals surface area contributed by atoms with Gasteiger partial charge >= 0.3 is 5.97 Å². The molecule has 2 aromatic heterocycles. The summed E-state index contributed by atoms with van der Waals surface area (Å²) in [7, 11) is 0. The maximum Gasteiger partial charge on any atom is 0.341 e. The summed E-state index contributed by atoms with van der Waals surface area (Å²) in [4.78, 5) is 41.0. The molecule has 1 saturated heterocycles. The number of benzene rings is 3. The molecule has 0 bridgehead atoms. The van der Waals surface area contributed by atoms with E-state index in [0.29, 0.717) is 60.6 Å². The van der Waals surface area contributed by atoms with Gasteiger partial charge in [-0.2, -0.15) is 0 Å². The molecule has 46 heavy (non-hydrogen) atoms. The summed E-state index contributed by atoms with van der Waals surface area (Å²) in [5.41, 5.74) is -0.659. The third-order valence-corrected chi connectivity index (χ3v) is 8.45. The van der Waals surface area contributed by atoms with Crippen molar-refractivity contribution in [3.05, 3.63) is 98.6 Å². The molecule has 3 heterocycles. The molecular weight excluding hydrogens is 600 g/mol. The smallest absolute Gasteiger partial charge is 0.341 e. The standard InChI is InChI=1S/C34H31F2N3O7/c1-3-37-17-25(34(43)44)33(42)24-15-27(35)31(29(36)30(24)37)39-11-10-38(19(2)16-39)12-13-45-22-8-9-23-28(14-22)46-18-26(32(23)41)20-4-6-21(40)7-5-20/h4-9,14-15,17-19,40H,3,10-13,16H2,1-2H3,(H,43,44). The van der Waals surface area contributed by atoms with Gasteiger partial charge in [-0.15, -0.1) is 0 Å². The number of halogens is 2. The van der Waals surface area contributed by atoms with Gasteiger partial charge in [-0.05, 0) is 49.7 Å². The fourth-order valence-electron chi connectivity index (χ4n) is 6.02. The first-order chi connectivity index (χ1) is 22.1. The van der Waals surface area contributed by atoms with Crippen molar-refractivity contribution in [2.75, 3.05) is 37.7 Å². The Morgan fingerprint density at radius 1 is 1.04 bits per heavy atom. The number of phenolic OH excluding ortho intramolecular Hbond substituents is 1. The monoisotopic (exact) mass is 631 g/mol. The average Bonchev–Trinajstić information content (AvgIpc) is 3.03. The van der Waals surface area contributed by atoms with Crippen LogP contribution in [0.15, 0.2) is 75.0 Å². The van der Waals surface area contributed by atoms with Crippen LogP contribution in [0.5, 0.6) is 11.5 Å². The molecule has 0 spiro atoms. The molecule has 1 aliphatic rings. The molecule has 10 nitrogen and oxygen atoms in total. The van der Waals surface area contributed by atoms with E-state index in [0.717, 1.165) is 12.3 Å². The Hall–Kier alpha value is -5.23. The molecule has 0 saturated carbocycles. The van der Waals surface area contributed by atoms with E-state index in [1.54, 1.807) is 42.2 Å². The normalized spacial score (nSPS) is 15.5.